The first-order valence-electron chi connectivity index (χ1n) is 6.05. The van der Waals surface area contributed by atoms with Gasteiger partial charge in [-0.1, -0.05) is 25.1 Å². The number of rotatable bonds is 3. The molecule has 1 aliphatic rings. The van der Waals surface area contributed by atoms with Gasteiger partial charge in [0.1, 0.15) is 0 Å². The van der Waals surface area contributed by atoms with Crippen LogP contribution in [0.3, 0.4) is 0 Å². The third kappa shape index (κ3) is 2.44. The van der Waals surface area contributed by atoms with Crippen molar-refractivity contribution in [3.63, 3.8) is 0 Å². The molecule has 1 aliphatic carbocycles. The Labute approximate surface area is 107 Å². The maximum atomic E-state index is 11.1. The lowest BCUT2D eigenvalue weighted by Crippen LogP contribution is -2.40. The third-order valence-corrected chi connectivity index (χ3v) is 2.96. The van der Waals surface area contributed by atoms with Gasteiger partial charge in [-0.3, -0.25) is 4.79 Å². The van der Waals surface area contributed by atoms with Crippen LogP contribution in [0.25, 0.3) is 5.57 Å². The van der Waals surface area contributed by atoms with Crippen molar-refractivity contribution in [1.82, 2.24) is 15.5 Å². The molecule has 0 spiro atoms. The van der Waals surface area contributed by atoms with E-state index in [4.69, 9.17) is 4.52 Å². The minimum atomic E-state index is -0.618. The SMILES string of the molecule is CC(=O)NC(C)(C)c1noc(C2=CC(C)(C)C2)n1. The summed E-state index contributed by atoms with van der Waals surface area (Å²) in [5.41, 5.74) is 0.683. The Kier molecular flexibility index (Phi) is 2.80. The lowest BCUT2D eigenvalue weighted by Gasteiger charge is -2.30. The highest BCUT2D eigenvalue weighted by atomic mass is 16.5. The van der Waals surface area contributed by atoms with Gasteiger partial charge < -0.3 is 9.84 Å². The zero-order valence-electron chi connectivity index (χ0n) is 11.5. The maximum Gasteiger partial charge on any atom is 0.253 e. The summed E-state index contributed by atoms with van der Waals surface area (Å²) in [6, 6.07) is 0. The van der Waals surface area contributed by atoms with E-state index >= 15 is 0 Å². The second kappa shape index (κ2) is 3.93. The summed E-state index contributed by atoms with van der Waals surface area (Å²) < 4.78 is 5.25. The van der Waals surface area contributed by atoms with Gasteiger partial charge in [0.15, 0.2) is 5.82 Å². The van der Waals surface area contributed by atoms with Gasteiger partial charge >= 0.3 is 0 Å². The first kappa shape index (κ1) is 12.8. The minimum absolute atomic E-state index is 0.115. The number of hydrogen-bond acceptors (Lipinski definition) is 4. The predicted molar refractivity (Wildman–Crippen MR) is 67.5 cm³/mol. The van der Waals surface area contributed by atoms with Crippen LogP contribution in [-0.2, 0) is 10.3 Å². The summed E-state index contributed by atoms with van der Waals surface area (Å²) in [4.78, 5) is 15.5. The first-order valence-corrected chi connectivity index (χ1v) is 6.05. The van der Waals surface area contributed by atoms with E-state index in [-0.39, 0.29) is 11.3 Å². The number of nitrogens with zero attached hydrogens (tertiary/aromatic N) is 2. The molecule has 2 rings (SSSR count). The Hall–Kier alpha value is -1.65. The predicted octanol–water partition coefficient (Wildman–Crippen LogP) is 2.25. The highest BCUT2D eigenvalue weighted by Crippen LogP contribution is 2.42. The molecule has 98 valence electrons. The molecule has 0 saturated carbocycles. The number of carbonyl (C=O) groups excluding carboxylic acids is 1. The summed E-state index contributed by atoms with van der Waals surface area (Å²) in [6.45, 7) is 9.49. The normalized spacial score (nSPS) is 17.9. The van der Waals surface area contributed by atoms with Gasteiger partial charge in [-0.05, 0) is 25.7 Å². The van der Waals surface area contributed by atoms with Crippen LogP contribution in [0.2, 0.25) is 0 Å². The lowest BCUT2D eigenvalue weighted by molar-refractivity contribution is -0.120. The Morgan fingerprint density at radius 1 is 1.50 bits per heavy atom. The molecule has 0 atom stereocenters. The van der Waals surface area contributed by atoms with E-state index in [0.29, 0.717) is 11.7 Å². The number of amides is 1. The van der Waals surface area contributed by atoms with Crippen molar-refractivity contribution in [2.24, 2.45) is 5.41 Å². The molecule has 0 fully saturated rings. The summed E-state index contributed by atoms with van der Waals surface area (Å²) in [7, 11) is 0. The van der Waals surface area contributed by atoms with Crippen LogP contribution in [-0.4, -0.2) is 16.0 Å². The van der Waals surface area contributed by atoms with Gasteiger partial charge in [-0.25, -0.2) is 0 Å². The molecule has 0 bridgehead atoms. The Morgan fingerprint density at radius 3 is 2.61 bits per heavy atom. The van der Waals surface area contributed by atoms with E-state index in [1.807, 2.05) is 13.8 Å². The Balaban J connectivity index is 2.19. The fourth-order valence-corrected chi connectivity index (χ4v) is 2.17. The highest BCUT2D eigenvalue weighted by Gasteiger charge is 2.33. The average Bonchev–Trinajstić information content (AvgIpc) is 2.60. The number of allylic oxidation sites excluding steroid dienone is 2. The number of carbonyl (C=O) groups is 1. The van der Waals surface area contributed by atoms with Crippen LogP contribution in [0.15, 0.2) is 10.6 Å². The van der Waals surface area contributed by atoms with Crippen molar-refractivity contribution >= 4 is 11.5 Å². The van der Waals surface area contributed by atoms with E-state index in [1.165, 1.54) is 6.92 Å². The van der Waals surface area contributed by atoms with Crippen LogP contribution in [0.1, 0.15) is 52.8 Å². The number of nitrogens with one attached hydrogen (secondary N) is 1. The largest absolute Gasteiger partial charge is 0.344 e. The Bertz CT molecular complexity index is 512. The van der Waals surface area contributed by atoms with Crippen LogP contribution in [0, 0.1) is 5.41 Å². The molecule has 1 aromatic rings. The molecular formula is C13H19N3O2. The van der Waals surface area contributed by atoms with E-state index in [9.17, 15) is 4.79 Å². The summed E-state index contributed by atoms with van der Waals surface area (Å²) in [5, 5.41) is 6.75. The lowest BCUT2D eigenvalue weighted by atomic mass is 9.74. The van der Waals surface area contributed by atoms with Gasteiger partial charge in [0.2, 0.25) is 5.91 Å². The van der Waals surface area contributed by atoms with Gasteiger partial charge in [0.25, 0.3) is 5.89 Å². The molecule has 1 N–H and O–H groups in total. The smallest absolute Gasteiger partial charge is 0.253 e. The molecule has 1 amide bonds. The maximum absolute atomic E-state index is 11.1. The number of hydrogen-bond donors (Lipinski definition) is 1. The van der Waals surface area contributed by atoms with Crippen molar-refractivity contribution in [2.45, 2.75) is 46.6 Å². The van der Waals surface area contributed by atoms with E-state index in [2.05, 4.69) is 35.4 Å². The summed E-state index contributed by atoms with van der Waals surface area (Å²) in [5.74, 6) is 0.941. The minimum Gasteiger partial charge on any atom is -0.344 e. The van der Waals surface area contributed by atoms with Gasteiger partial charge in [0.05, 0.1) is 5.54 Å². The quantitative estimate of drug-likeness (QED) is 0.892. The summed E-state index contributed by atoms with van der Waals surface area (Å²) >= 11 is 0. The topological polar surface area (TPSA) is 68.0 Å². The molecule has 0 radical (unpaired) electrons. The Morgan fingerprint density at radius 2 is 2.11 bits per heavy atom. The summed E-state index contributed by atoms with van der Waals surface area (Å²) in [6.07, 6.45) is 3.07. The van der Waals surface area contributed by atoms with Crippen molar-refractivity contribution in [1.29, 1.82) is 0 Å². The monoisotopic (exact) mass is 249 g/mol. The van der Waals surface area contributed by atoms with Crippen LogP contribution < -0.4 is 5.32 Å². The van der Waals surface area contributed by atoms with Crippen LogP contribution in [0.5, 0.6) is 0 Å². The van der Waals surface area contributed by atoms with E-state index < -0.39 is 5.54 Å². The van der Waals surface area contributed by atoms with Crippen LogP contribution >= 0.6 is 0 Å². The highest BCUT2D eigenvalue weighted by molar-refractivity contribution is 5.73. The number of aromatic nitrogens is 2. The fraction of sp³-hybridized carbons (Fsp3) is 0.615. The van der Waals surface area contributed by atoms with Gasteiger partial charge in [-0.2, -0.15) is 4.98 Å². The molecule has 0 aliphatic heterocycles. The third-order valence-electron chi connectivity index (χ3n) is 2.96. The van der Waals surface area contributed by atoms with Crippen molar-refractivity contribution < 1.29 is 9.32 Å². The molecule has 0 aromatic carbocycles. The van der Waals surface area contributed by atoms with Crippen molar-refractivity contribution in [3.05, 3.63) is 17.8 Å². The van der Waals surface area contributed by atoms with Crippen molar-refractivity contribution in [3.8, 4) is 0 Å². The molecule has 1 aromatic heterocycles. The second-order valence-corrected chi connectivity index (χ2v) is 6.06. The van der Waals surface area contributed by atoms with Crippen molar-refractivity contribution in [2.75, 3.05) is 0 Å². The second-order valence-electron chi connectivity index (χ2n) is 6.06. The van der Waals surface area contributed by atoms with E-state index in [0.717, 1.165) is 12.0 Å². The molecule has 5 heteroatoms. The first-order chi connectivity index (χ1) is 8.20. The van der Waals surface area contributed by atoms with E-state index in [1.54, 1.807) is 0 Å². The molecule has 18 heavy (non-hydrogen) atoms. The zero-order valence-corrected chi connectivity index (χ0v) is 11.5. The fourth-order valence-electron chi connectivity index (χ4n) is 2.17. The van der Waals surface area contributed by atoms with Gasteiger partial charge in [0, 0.05) is 12.5 Å². The van der Waals surface area contributed by atoms with Crippen LogP contribution in [0.4, 0.5) is 0 Å². The van der Waals surface area contributed by atoms with Gasteiger partial charge in [-0.15, -0.1) is 0 Å². The molecule has 1 heterocycles. The molecule has 0 unspecified atom stereocenters. The standard InChI is InChI=1S/C13H19N3O2/c1-8(17)15-13(4,5)11-14-10(18-16-11)9-6-12(2,3)7-9/h6H,7H2,1-5H3,(H,15,17). The molecule has 0 saturated heterocycles. The molecule has 5 nitrogen and oxygen atoms in total. The average molecular weight is 249 g/mol. The zero-order chi connectivity index (χ0) is 13.6. The molecular weight excluding hydrogens is 230 g/mol.